The number of hydrogen-bond acceptors (Lipinski definition) is 4. The number of likely N-dealkylation sites (N-methyl/N-ethyl adjacent to an activating group) is 1. The number of carbonyl (C=O) groups excluding carboxylic acids is 1. The third-order valence-electron chi connectivity index (χ3n) is 3.51. The zero-order valence-electron chi connectivity index (χ0n) is 12.0. The van der Waals surface area contributed by atoms with Gasteiger partial charge in [0.2, 0.25) is 0 Å². The Morgan fingerprint density at radius 1 is 1.29 bits per heavy atom. The molecule has 0 atom stereocenters. The van der Waals surface area contributed by atoms with Crippen LogP contribution in [-0.4, -0.2) is 47.7 Å². The van der Waals surface area contributed by atoms with Crippen LogP contribution in [-0.2, 0) is 4.79 Å². The molecule has 1 amide bonds. The molecule has 0 unspecified atom stereocenters. The number of fused-ring (bicyclic) bond motifs is 1. The van der Waals surface area contributed by atoms with E-state index in [1.54, 1.807) is 0 Å². The summed E-state index contributed by atoms with van der Waals surface area (Å²) in [5.41, 5.74) is -1.09. The van der Waals surface area contributed by atoms with Crippen LogP contribution in [0.25, 0.3) is 0 Å². The van der Waals surface area contributed by atoms with Crippen molar-refractivity contribution in [2.45, 2.75) is 19.4 Å². The maximum absolute atomic E-state index is 12.4. The molecule has 2 rings (SSSR count). The van der Waals surface area contributed by atoms with Crippen LogP contribution in [0, 0.1) is 0 Å². The van der Waals surface area contributed by atoms with Crippen molar-refractivity contribution >= 4 is 23.5 Å². The summed E-state index contributed by atoms with van der Waals surface area (Å²) in [4.78, 5) is 24.8. The van der Waals surface area contributed by atoms with Gasteiger partial charge in [0, 0.05) is 12.6 Å². The predicted octanol–water partition coefficient (Wildman–Crippen LogP) is 2.05. The van der Waals surface area contributed by atoms with E-state index in [1.807, 2.05) is 0 Å². The van der Waals surface area contributed by atoms with Gasteiger partial charge in [0.05, 0.1) is 5.02 Å². The van der Waals surface area contributed by atoms with Crippen LogP contribution in [0.5, 0.6) is 11.5 Å². The van der Waals surface area contributed by atoms with Crippen LogP contribution in [0.4, 0.5) is 0 Å². The van der Waals surface area contributed by atoms with Crippen molar-refractivity contribution < 1.29 is 24.2 Å². The van der Waals surface area contributed by atoms with Gasteiger partial charge in [-0.3, -0.25) is 4.79 Å². The van der Waals surface area contributed by atoms with Crippen molar-refractivity contribution in [2.75, 3.05) is 20.3 Å². The fraction of sp³-hybridized carbons (Fsp3) is 0.429. The molecule has 6 nitrogen and oxygen atoms in total. The lowest BCUT2D eigenvalue weighted by Crippen LogP contribution is -2.50. The molecule has 1 aliphatic heterocycles. The lowest BCUT2D eigenvalue weighted by molar-refractivity contribution is -0.147. The maximum Gasteiger partial charge on any atom is 0.329 e. The van der Waals surface area contributed by atoms with Crippen LogP contribution in [0.3, 0.4) is 0 Å². The third kappa shape index (κ3) is 2.76. The van der Waals surface area contributed by atoms with E-state index >= 15 is 0 Å². The van der Waals surface area contributed by atoms with Gasteiger partial charge in [-0.25, -0.2) is 4.79 Å². The molecule has 1 aliphatic rings. The van der Waals surface area contributed by atoms with E-state index in [1.165, 1.54) is 33.0 Å². The minimum atomic E-state index is -1.34. The van der Waals surface area contributed by atoms with Crippen molar-refractivity contribution in [1.82, 2.24) is 4.90 Å². The lowest BCUT2D eigenvalue weighted by Gasteiger charge is -2.32. The Morgan fingerprint density at radius 2 is 1.90 bits per heavy atom. The van der Waals surface area contributed by atoms with Crippen molar-refractivity contribution in [3.8, 4) is 11.5 Å². The summed E-state index contributed by atoms with van der Waals surface area (Å²) < 4.78 is 10.8. The summed E-state index contributed by atoms with van der Waals surface area (Å²) in [6.07, 6.45) is 0. The summed E-state index contributed by atoms with van der Waals surface area (Å²) in [6, 6.07) is 2.96. The standard InChI is InChI=1S/C14H16ClNO5/c1-14(2,13(18)19)16(3)12(17)8-6-9(15)11-10(7-8)20-4-5-21-11/h6-7H,4-5H2,1-3H3,(H,18,19). The third-order valence-corrected chi connectivity index (χ3v) is 3.79. The van der Waals surface area contributed by atoms with Gasteiger partial charge in [0.25, 0.3) is 5.91 Å². The second-order valence-electron chi connectivity index (χ2n) is 5.21. The number of amides is 1. The number of halogens is 1. The summed E-state index contributed by atoms with van der Waals surface area (Å²) >= 11 is 6.08. The summed E-state index contributed by atoms with van der Waals surface area (Å²) in [6.45, 7) is 3.67. The van der Waals surface area contributed by atoms with Crippen LogP contribution in [0.2, 0.25) is 5.02 Å². The minimum absolute atomic E-state index is 0.251. The molecule has 1 aromatic carbocycles. The number of rotatable bonds is 3. The van der Waals surface area contributed by atoms with Gasteiger partial charge in [-0.15, -0.1) is 0 Å². The molecule has 21 heavy (non-hydrogen) atoms. The van der Waals surface area contributed by atoms with E-state index < -0.39 is 17.4 Å². The molecule has 0 bridgehead atoms. The van der Waals surface area contributed by atoms with Crippen molar-refractivity contribution in [2.24, 2.45) is 0 Å². The van der Waals surface area contributed by atoms with Gasteiger partial charge in [0.1, 0.15) is 18.8 Å². The molecule has 0 saturated carbocycles. The Bertz CT molecular complexity index is 599. The number of carbonyl (C=O) groups is 2. The minimum Gasteiger partial charge on any atom is -0.486 e. The quantitative estimate of drug-likeness (QED) is 0.924. The maximum atomic E-state index is 12.4. The van der Waals surface area contributed by atoms with Crippen molar-refractivity contribution in [3.63, 3.8) is 0 Å². The van der Waals surface area contributed by atoms with Crippen LogP contribution < -0.4 is 9.47 Å². The van der Waals surface area contributed by atoms with Crippen molar-refractivity contribution in [3.05, 3.63) is 22.7 Å². The number of nitrogens with zero attached hydrogens (tertiary/aromatic N) is 1. The van der Waals surface area contributed by atoms with E-state index in [9.17, 15) is 14.7 Å². The van der Waals surface area contributed by atoms with E-state index in [4.69, 9.17) is 21.1 Å². The van der Waals surface area contributed by atoms with Gasteiger partial charge in [-0.05, 0) is 26.0 Å². The highest BCUT2D eigenvalue weighted by Gasteiger charge is 2.36. The average molecular weight is 314 g/mol. The van der Waals surface area contributed by atoms with Gasteiger partial charge < -0.3 is 19.5 Å². The summed E-state index contributed by atoms with van der Waals surface area (Å²) in [7, 11) is 1.43. The molecule has 114 valence electrons. The molecule has 0 saturated heterocycles. The highest BCUT2D eigenvalue weighted by Crippen LogP contribution is 2.38. The predicted molar refractivity (Wildman–Crippen MR) is 76.3 cm³/mol. The first-order valence-corrected chi connectivity index (χ1v) is 6.73. The Morgan fingerprint density at radius 3 is 2.52 bits per heavy atom. The fourth-order valence-electron chi connectivity index (χ4n) is 1.83. The second kappa shape index (κ2) is 5.44. The first-order chi connectivity index (χ1) is 9.75. The Balaban J connectivity index is 2.36. The van der Waals surface area contributed by atoms with Gasteiger partial charge >= 0.3 is 5.97 Å². The molecule has 0 aliphatic carbocycles. The SMILES string of the molecule is CN(C(=O)c1cc(Cl)c2c(c1)OCCO2)C(C)(C)C(=O)O. The molecule has 7 heteroatoms. The van der Waals surface area contributed by atoms with E-state index in [-0.39, 0.29) is 10.6 Å². The number of aliphatic carboxylic acids is 1. The van der Waals surface area contributed by atoms with E-state index in [0.717, 1.165) is 4.90 Å². The fourth-order valence-corrected chi connectivity index (χ4v) is 2.09. The first kappa shape index (κ1) is 15.4. The van der Waals surface area contributed by atoms with E-state index in [0.29, 0.717) is 24.7 Å². The normalized spacial score (nSPS) is 13.7. The van der Waals surface area contributed by atoms with Crippen LogP contribution in [0.15, 0.2) is 12.1 Å². The summed E-state index contributed by atoms with van der Waals surface area (Å²) in [5, 5.41) is 9.45. The Hall–Kier alpha value is -1.95. The smallest absolute Gasteiger partial charge is 0.329 e. The first-order valence-electron chi connectivity index (χ1n) is 6.36. The molecule has 0 fully saturated rings. The zero-order valence-corrected chi connectivity index (χ0v) is 12.7. The molecule has 1 N–H and O–H groups in total. The van der Waals surface area contributed by atoms with Gasteiger partial charge in [-0.2, -0.15) is 0 Å². The Labute approximate surface area is 127 Å². The highest BCUT2D eigenvalue weighted by atomic mass is 35.5. The average Bonchev–Trinajstić information content (AvgIpc) is 2.45. The number of benzene rings is 1. The second-order valence-corrected chi connectivity index (χ2v) is 5.62. The number of carboxylic acid groups (broad SMARTS) is 1. The largest absolute Gasteiger partial charge is 0.486 e. The molecular formula is C14H16ClNO5. The molecule has 1 heterocycles. The lowest BCUT2D eigenvalue weighted by atomic mass is 10.0. The number of carboxylic acids is 1. The molecular weight excluding hydrogens is 298 g/mol. The topological polar surface area (TPSA) is 76.1 Å². The molecule has 1 aromatic rings. The molecule has 0 spiro atoms. The monoisotopic (exact) mass is 313 g/mol. The van der Waals surface area contributed by atoms with Gasteiger partial charge in [0.15, 0.2) is 11.5 Å². The van der Waals surface area contributed by atoms with Crippen LogP contribution in [0.1, 0.15) is 24.2 Å². The van der Waals surface area contributed by atoms with Crippen molar-refractivity contribution in [1.29, 1.82) is 0 Å². The van der Waals surface area contributed by atoms with E-state index in [2.05, 4.69) is 0 Å². The molecule has 0 radical (unpaired) electrons. The van der Waals surface area contributed by atoms with Gasteiger partial charge in [-0.1, -0.05) is 11.6 Å². The number of hydrogen-bond donors (Lipinski definition) is 1. The highest BCUT2D eigenvalue weighted by molar-refractivity contribution is 6.32. The zero-order chi connectivity index (χ0) is 15.8. The van der Waals surface area contributed by atoms with Crippen LogP contribution >= 0.6 is 11.6 Å². The Kier molecular flexibility index (Phi) is 4.00. The molecule has 0 aromatic heterocycles. The summed E-state index contributed by atoms with van der Waals surface area (Å²) in [5.74, 6) is -0.762. The number of ether oxygens (including phenoxy) is 2.